The molecule has 0 bridgehead atoms. The molecular formula is C13H11BFNO3. The SMILES string of the molecule is O=C(Nc1ccc(F)cc1)c1cccc(B(O)O)c1. The van der Waals surface area contributed by atoms with Crippen LogP contribution >= 0.6 is 0 Å². The van der Waals surface area contributed by atoms with Crippen LogP contribution in [0.2, 0.25) is 0 Å². The molecule has 0 aromatic heterocycles. The normalized spacial score (nSPS) is 10.1. The lowest BCUT2D eigenvalue weighted by Crippen LogP contribution is -2.30. The number of anilines is 1. The molecule has 0 aliphatic carbocycles. The van der Waals surface area contributed by atoms with E-state index in [0.717, 1.165) is 0 Å². The predicted octanol–water partition coefficient (Wildman–Crippen LogP) is 0.758. The van der Waals surface area contributed by atoms with Crippen molar-refractivity contribution in [2.45, 2.75) is 0 Å². The van der Waals surface area contributed by atoms with Gasteiger partial charge in [0.1, 0.15) is 5.82 Å². The van der Waals surface area contributed by atoms with Crippen molar-refractivity contribution < 1.29 is 19.2 Å². The smallest absolute Gasteiger partial charge is 0.423 e. The highest BCUT2D eigenvalue weighted by Gasteiger charge is 2.13. The van der Waals surface area contributed by atoms with Gasteiger partial charge in [-0.05, 0) is 41.9 Å². The molecule has 0 spiro atoms. The van der Waals surface area contributed by atoms with Crippen LogP contribution in [0.3, 0.4) is 0 Å². The van der Waals surface area contributed by atoms with Crippen LogP contribution in [0.4, 0.5) is 10.1 Å². The highest BCUT2D eigenvalue weighted by Crippen LogP contribution is 2.10. The van der Waals surface area contributed by atoms with E-state index < -0.39 is 13.0 Å². The molecule has 0 unspecified atom stereocenters. The number of halogens is 1. The Morgan fingerprint density at radius 3 is 2.42 bits per heavy atom. The summed E-state index contributed by atoms with van der Waals surface area (Å²) in [7, 11) is -1.63. The third-order valence-electron chi connectivity index (χ3n) is 2.55. The van der Waals surface area contributed by atoms with Crippen molar-refractivity contribution in [1.82, 2.24) is 0 Å². The number of rotatable bonds is 3. The third kappa shape index (κ3) is 3.40. The van der Waals surface area contributed by atoms with Crippen molar-refractivity contribution in [2.75, 3.05) is 5.32 Å². The van der Waals surface area contributed by atoms with E-state index in [-0.39, 0.29) is 16.8 Å². The highest BCUT2D eigenvalue weighted by atomic mass is 19.1. The van der Waals surface area contributed by atoms with E-state index in [2.05, 4.69) is 5.32 Å². The van der Waals surface area contributed by atoms with Crippen molar-refractivity contribution in [3.05, 3.63) is 59.9 Å². The fourth-order valence-corrected chi connectivity index (χ4v) is 1.58. The number of amides is 1. The lowest BCUT2D eigenvalue weighted by atomic mass is 9.79. The Balaban J connectivity index is 2.15. The number of carbonyl (C=O) groups is 1. The molecule has 0 fully saturated rings. The summed E-state index contributed by atoms with van der Waals surface area (Å²) < 4.78 is 12.7. The molecule has 0 aliphatic heterocycles. The van der Waals surface area contributed by atoms with Gasteiger partial charge in [-0.3, -0.25) is 4.79 Å². The van der Waals surface area contributed by atoms with Gasteiger partial charge in [0, 0.05) is 11.3 Å². The topological polar surface area (TPSA) is 69.6 Å². The molecule has 0 heterocycles. The first-order chi connectivity index (χ1) is 9.06. The van der Waals surface area contributed by atoms with E-state index >= 15 is 0 Å². The summed E-state index contributed by atoms with van der Waals surface area (Å²) in [5.41, 5.74) is 0.975. The molecule has 2 aromatic rings. The van der Waals surface area contributed by atoms with Gasteiger partial charge >= 0.3 is 7.12 Å². The van der Waals surface area contributed by atoms with E-state index in [9.17, 15) is 9.18 Å². The molecule has 96 valence electrons. The standard InChI is InChI=1S/C13H11BFNO3/c15-11-4-6-12(7-5-11)16-13(17)9-2-1-3-10(8-9)14(18)19/h1-8,18-19H,(H,16,17). The predicted molar refractivity (Wildman–Crippen MR) is 70.6 cm³/mol. The lowest BCUT2D eigenvalue weighted by Gasteiger charge is -2.06. The van der Waals surface area contributed by atoms with Crippen LogP contribution in [0.1, 0.15) is 10.4 Å². The largest absolute Gasteiger partial charge is 0.488 e. The molecule has 0 radical (unpaired) electrons. The summed E-state index contributed by atoms with van der Waals surface area (Å²) in [6.07, 6.45) is 0. The first-order valence-corrected chi connectivity index (χ1v) is 5.59. The number of benzene rings is 2. The number of nitrogens with one attached hydrogen (secondary N) is 1. The van der Waals surface area contributed by atoms with Crippen LogP contribution in [-0.4, -0.2) is 23.1 Å². The minimum Gasteiger partial charge on any atom is -0.423 e. The van der Waals surface area contributed by atoms with E-state index in [1.165, 1.54) is 36.4 Å². The Morgan fingerprint density at radius 1 is 1.11 bits per heavy atom. The highest BCUT2D eigenvalue weighted by molar-refractivity contribution is 6.58. The molecular weight excluding hydrogens is 248 g/mol. The molecule has 19 heavy (non-hydrogen) atoms. The Labute approximate surface area is 109 Å². The second kappa shape index (κ2) is 5.64. The van der Waals surface area contributed by atoms with E-state index in [0.29, 0.717) is 5.69 Å². The molecule has 1 amide bonds. The van der Waals surface area contributed by atoms with Gasteiger partial charge in [-0.15, -0.1) is 0 Å². The first kappa shape index (κ1) is 13.3. The third-order valence-corrected chi connectivity index (χ3v) is 2.55. The van der Waals surface area contributed by atoms with Gasteiger partial charge in [0.2, 0.25) is 0 Å². The van der Waals surface area contributed by atoms with Crippen LogP contribution in [0.25, 0.3) is 0 Å². The zero-order valence-electron chi connectivity index (χ0n) is 9.88. The van der Waals surface area contributed by atoms with E-state index in [1.807, 2.05) is 0 Å². The maximum absolute atomic E-state index is 12.7. The van der Waals surface area contributed by atoms with E-state index in [1.54, 1.807) is 12.1 Å². The summed E-state index contributed by atoms with van der Waals surface area (Å²) in [6, 6.07) is 11.3. The molecule has 0 saturated carbocycles. The molecule has 0 saturated heterocycles. The quantitative estimate of drug-likeness (QED) is 0.712. The lowest BCUT2D eigenvalue weighted by molar-refractivity contribution is 0.102. The number of carbonyl (C=O) groups excluding carboxylic acids is 1. The summed E-state index contributed by atoms with van der Waals surface area (Å²) >= 11 is 0. The average Bonchev–Trinajstić information content (AvgIpc) is 2.41. The molecule has 3 N–H and O–H groups in total. The minimum atomic E-state index is -1.63. The van der Waals surface area contributed by atoms with E-state index in [4.69, 9.17) is 10.0 Å². The molecule has 2 rings (SSSR count). The zero-order chi connectivity index (χ0) is 13.8. The number of hydrogen-bond acceptors (Lipinski definition) is 3. The van der Waals surface area contributed by atoms with Crippen molar-refractivity contribution in [3.8, 4) is 0 Å². The monoisotopic (exact) mass is 259 g/mol. The molecule has 4 nitrogen and oxygen atoms in total. The first-order valence-electron chi connectivity index (χ1n) is 5.59. The Morgan fingerprint density at radius 2 is 1.79 bits per heavy atom. The van der Waals surface area contributed by atoms with Crippen LogP contribution in [0, 0.1) is 5.82 Å². The van der Waals surface area contributed by atoms with Crippen molar-refractivity contribution in [1.29, 1.82) is 0 Å². The van der Waals surface area contributed by atoms with Gasteiger partial charge in [0.25, 0.3) is 5.91 Å². The Kier molecular flexibility index (Phi) is 3.94. The summed E-state index contributed by atoms with van der Waals surface area (Å²) in [6.45, 7) is 0. The second-order valence-electron chi connectivity index (χ2n) is 3.96. The van der Waals surface area contributed by atoms with Crippen molar-refractivity contribution in [3.63, 3.8) is 0 Å². The van der Waals surface area contributed by atoms with Crippen LogP contribution in [0.5, 0.6) is 0 Å². The van der Waals surface area contributed by atoms with Gasteiger partial charge in [-0.2, -0.15) is 0 Å². The Hall–Kier alpha value is -2.18. The molecule has 0 aliphatic rings. The Bertz CT molecular complexity index is 587. The van der Waals surface area contributed by atoms with Crippen LogP contribution < -0.4 is 10.8 Å². The number of hydrogen-bond donors (Lipinski definition) is 3. The molecule has 2 aromatic carbocycles. The summed E-state index contributed by atoms with van der Waals surface area (Å²) in [4.78, 5) is 11.9. The van der Waals surface area contributed by atoms with Crippen molar-refractivity contribution >= 4 is 24.2 Å². The maximum atomic E-state index is 12.7. The fraction of sp³-hybridized carbons (Fsp3) is 0. The van der Waals surface area contributed by atoms with Gasteiger partial charge in [-0.25, -0.2) is 4.39 Å². The summed E-state index contributed by atoms with van der Waals surface area (Å²) in [5.74, 6) is -0.794. The van der Waals surface area contributed by atoms with Crippen molar-refractivity contribution in [2.24, 2.45) is 0 Å². The summed E-state index contributed by atoms with van der Waals surface area (Å²) in [5, 5.41) is 20.6. The molecule has 0 atom stereocenters. The maximum Gasteiger partial charge on any atom is 0.488 e. The van der Waals surface area contributed by atoms with Gasteiger partial charge < -0.3 is 15.4 Å². The zero-order valence-corrected chi connectivity index (χ0v) is 9.88. The molecule has 6 heteroatoms. The van der Waals surface area contributed by atoms with Gasteiger partial charge in [-0.1, -0.05) is 12.1 Å². The average molecular weight is 259 g/mol. The minimum absolute atomic E-state index is 0.228. The van der Waals surface area contributed by atoms with Crippen LogP contribution in [0.15, 0.2) is 48.5 Å². The van der Waals surface area contributed by atoms with Gasteiger partial charge in [0.05, 0.1) is 0 Å². The second-order valence-corrected chi connectivity index (χ2v) is 3.96. The fourth-order valence-electron chi connectivity index (χ4n) is 1.58. The van der Waals surface area contributed by atoms with Crippen LogP contribution in [-0.2, 0) is 0 Å². The van der Waals surface area contributed by atoms with Gasteiger partial charge in [0.15, 0.2) is 0 Å².